The highest BCUT2D eigenvalue weighted by atomic mass is 79.9. The van der Waals surface area contributed by atoms with Gasteiger partial charge >= 0.3 is 0 Å². The molecule has 11 heteroatoms. The predicted octanol–water partition coefficient (Wildman–Crippen LogP) is 6.03. The minimum atomic E-state index is -2.50. The number of aromatic nitrogens is 1. The summed E-state index contributed by atoms with van der Waals surface area (Å²) in [4.78, 5) is 21.3. The maximum atomic E-state index is 13.2. The number of carbonyl (C=O) groups excluding carboxylic acids is 1. The lowest BCUT2D eigenvalue weighted by molar-refractivity contribution is -0.122. The topological polar surface area (TPSA) is 85.4 Å². The molecule has 0 bridgehead atoms. The summed E-state index contributed by atoms with van der Waals surface area (Å²) >= 11 is 6.94. The first-order valence-corrected chi connectivity index (χ1v) is 14.8. The van der Waals surface area contributed by atoms with Crippen molar-refractivity contribution in [2.45, 2.75) is 16.2 Å². The number of amides is 1. The van der Waals surface area contributed by atoms with E-state index in [1.165, 1.54) is 6.08 Å². The number of hydrogen-bond acceptors (Lipinski definition) is 6. The van der Waals surface area contributed by atoms with Gasteiger partial charge in [-0.1, -0.05) is 93.1 Å². The van der Waals surface area contributed by atoms with Gasteiger partial charge in [-0.05, 0) is 12.1 Å². The molecule has 1 aromatic heterocycles. The predicted molar refractivity (Wildman–Crippen MR) is 164 cm³/mol. The Morgan fingerprint density at radius 2 is 2.05 bits per heavy atom. The summed E-state index contributed by atoms with van der Waals surface area (Å²) in [5, 5.41) is 12.3. The van der Waals surface area contributed by atoms with Crippen LogP contribution in [0, 0.1) is 11.3 Å². The second kappa shape index (κ2) is 14.6. The molecule has 41 heavy (non-hydrogen) atoms. The summed E-state index contributed by atoms with van der Waals surface area (Å²) < 4.78 is 32.2. The second-order valence-corrected chi connectivity index (χ2v) is 12.5. The van der Waals surface area contributed by atoms with Crippen LogP contribution in [0.5, 0.6) is 0 Å². The molecular formula is C30H29Br2F2N5O2. The Kier molecular flexibility index (Phi) is 11.0. The standard InChI is InChI=1S/C30H29Br2F2N5O2/c1-2-6-21(30-37-25-16-20(18-35)15-24(28(31)32)27(25)41-30)8-5-10-36-26(40)19-38-11-13-39(14-12-38)23-9-4-3-7-22(17-23)29(33)34/h2-9,15-17,23,28-29H,1,10-14,19H2,(H,36,40)/b8-5-,21-6+. The van der Waals surface area contributed by atoms with Gasteiger partial charge in [0.15, 0.2) is 5.58 Å². The summed E-state index contributed by atoms with van der Waals surface area (Å²) in [5.41, 5.74) is 3.05. The molecule has 7 nitrogen and oxygen atoms in total. The molecule has 1 unspecified atom stereocenters. The van der Waals surface area contributed by atoms with Crippen molar-refractivity contribution in [3.05, 3.63) is 96.0 Å². The third-order valence-electron chi connectivity index (χ3n) is 6.66. The Balaban J connectivity index is 1.30. The first kappa shape index (κ1) is 30.8. The molecule has 4 rings (SSSR count). The van der Waals surface area contributed by atoms with Gasteiger partial charge in [-0.2, -0.15) is 5.26 Å². The minimum Gasteiger partial charge on any atom is -0.436 e. The lowest BCUT2D eigenvalue weighted by Gasteiger charge is -2.37. The average molecular weight is 689 g/mol. The first-order valence-electron chi connectivity index (χ1n) is 13.0. The molecule has 1 saturated heterocycles. The van der Waals surface area contributed by atoms with Gasteiger partial charge in [0.25, 0.3) is 6.43 Å². The van der Waals surface area contributed by atoms with Crippen LogP contribution in [-0.4, -0.2) is 72.4 Å². The SMILES string of the molecule is C=C/C=C(\C=C/CNC(=O)CN1CCN(C2C=CC=CC(C(F)F)=C2)CC1)c1nc2cc(C#N)cc(C(Br)Br)c2o1. The molecule has 2 heterocycles. The highest BCUT2D eigenvalue weighted by Gasteiger charge is 2.24. The largest absolute Gasteiger partial charge is 0.436 e. The van der Waals surface area contributed by atoms with Crippen LogP contribution in [0.15, 0.2) is 83.4 Å². The Labute approximate surface area is 254 Å². The quantitative estimate of drug-likeness (QED) is 0.242. The Bertz CT molecular complexity index is 1460. The zero-order valence-electron chi connectivity index (χ0n) is 22.1. The van der Waals surface area contributed by atoms with Crippen molar-refractivity contribution in [3.63, 3.8) is 0 Å². The number of nitrogens with zero attached hydrogens (tertiary/aromatic N) is 4. The van der Waals surface area contributed by atoms with Crippen molar-refractivity contribution in [3.8, 4) is 6.07 Å². The molecule has 0 spiro atoms. The maximum absolute atomic E-state index is 13.2. The molecule has 2 aliphatic rings. The van der Waals surface area contributed by atoms with Crippen molar-refractivity contribution >= 4 is 54.4 Å². The van der Waals surface area contributed by atoms with Gasteiger partial charge in [0, 0.05) is 55.5 Å². The first-order chi connectivity index (χ1) is 19.8. The van der Waals surface area contributed by atoms with E-state index in [9.17, 15) is 18.8 Å². The van der Waals surface area contributed by atoms with Gasteiger partial charge in [0.1, 0.15) is 5.52 Å². The zero-order chi connectivity index (χ0) is 29.4. The van der Waals surface area contributed by atoms with E-state index in [-0.39, 0.29) is 27.8 Å². The molecule has 1 atom stereocenters. The smallest absolute Gasteiger partial charge is 0.263 e. The Hall–Kier alpha value is -3.17. The molecule has 214 valence electrons. The number of benzene rings is 1. The van der Waals surface area contributed by atoms with Gasteiger partial charge in [-0.15, -0.1) is 0 Å². The highest BCUT2D eigenvalue weighted by Crippen LogP contribution is 2.36. The Morgan fingerprint density at radius 1 is 1.27 bits per heavy atom. The molecule has 1 aliphatic heterocycles. The van der Waals surface area contributed by atoms with Crippen LogP contribution >= 0.6 is 31.9 Å². The summed E-state index contributed by atoms with van der Waals surface area (Å²) in [5.74, 6) is 0.263. The fourth-order valence-electron chi connectivity index (χ4n) is 4.60. The molecule has 0 radical (unpaired) electrons. The number of hydrogen-bond donors (Lipinski definition) is 1. The van der Waals surface area contributed by atoms with E-state index < -0.39 is 6.43 Å². The number of allylic oxidation sites excluding steroid dienone is 8. The van der Waals surface area contributed by atoms with Crippen LogP contribution < -0.4 is 5.32 Å². The van der Waals surface area contributed by atoms with Crippen LogP contribution in [0.3, 0.4) is 0 Å². The number of oxazole rings is 1. The number of nitrogens with one attached hydrogen (secondary N) is 1. The second-order valence-electron chi connectivity index (χ2n) is 9.42. The Morgan fingerprint density at radius 3 is 2.73 bits per heavy atom. The molecule has 1 aromatic carbocycles. The van der Waals surface area contributed by atoms with E-state index >= 15 is 0 Å². The summed E-state index contributed by atoms with van der Waals surface area (Å²) in [7, 11) is 0. The minimum absolute atomic E-state index is 0.0291. The molecule has 1 amide bonds. The van der Waals surface area contributed by atoms with Crippen molar-refractivity contribution in [2.24, 2.45) is 0 Å². The monoisotopic (exact) mass is 687 g/mol. The third-order valence-corrected chi connectivity index (χ3v) is 7.65. The van der Waals surface area contributed by atoms with Crippen molar-refractivity contribution in [1.29, 1.82) is 5.26 Å². The maximum Gasteiger partial charge on any atom is 0.263 e. The fourth-order valence-corrected chi connectivity index (χ4v) is 5.28. The molecular weight excluding hydrogens is 660 g/mol. The lowest BCUT2D eigenvalue weighted by atomic mass is 10.1. The number of carbonyl (C=O) groups is 1. The van der Waals surface area contributed by atoms with E-state index in [0.717, 1.165) is 5.56 Å². The van der Waals surface area contributed by atoms with E-state index in [1.54, 1.807) is 54.7 Å². The molecule has 0 saturated carbocycles. The van der Waals surface area contributed by atoms with E-state index in [2.05, 4.69) is 64.6 Å². The number of fused-ring (bicyclic) bond motifs is 1. The molecule has 2 aromatic rings. The van der Waals surface area contributed by atoms with Gasteiger partial charge < -0.3 is 9.73 Å². The van der Waals surface area contributed by atoms with E-state index in [1.807, 2.05) is 6.08 Å². The van der Waals surface area contributed by atoms with Crippen LogP contribution in [0.1, 0.15) is 20.8 Å². The van der Waals surface area contributed by atoms with Gasteiger partial charge in [-0.25, -0.2) is 13.8 Å². The number of nitriles is 1. The van der Waals surface area contributed by atoms with Crippen LogP contribution in [0.25, 0.3) is 16.7 Å². The molecule has 1 N–H and O–H groups in total. The van der Waals surface area contributed by atoms with Crippen LogP contribution in [-0.2, 0) is 4.79 Å². The van der Waals surface area contributed by atoms with E-state index in [0.29, 0.717) is 60.9 Å². The van der Waals surface area contributed by atoms with Gasteiger partial charge in [-0.3, -0.25) is 14.6 Å². The van der Waals surface area contributed by atoms with Gasteiger partial charge in [0.2, 0.25) is 11.8 Å². The summed E-state index contributed by atoms with van der Waals surface area (Å²) in [6.45, 7) is 7.03. The molecule has 1 fully saturated rings. The van der Waals surface area contributed by atoms with Crippen molar-refractivity contribution in [2.75, 3.05) is 39.3 Å². The van der Waals surface area contributed by atoms with Crippen LogP contribution in [0.4, 0.5) is 8.78 Å². The van der Waals surface area contributed by atoms with Crippen molar-refractivity contribution in [1.82, 2.24) is 20.1 Å². The number of piperazine rings is 1. The number of rotatable bonds is 10. The number of alkyl halides is 4. The van der Waals surface area contributed by atoms with Gasteiger partial charge in [0.05, 0.1) is 21.9 Å². The highest BCUT2D eigenvalue weighted by molar-refractivity contribution is 9.24. The number of halogens is 4. The normalized spacial score (nSPS) is 18.7. The van der Waals surface area contributed by atoms with Crippen LogP contribution in [0.2, 0.25) is 0 Å². The molecule has 1 aliphatic carbocycles. The van der Waals surface area contributed by atoms with Crippen molar-refractivity contribution < 1.29 is 18.0 Å². The summed E-state index contributed by atoms with van der Waals surface area (Å²) in [6, 6.07) is 5.36. The average Bonchev–Trinajstić information content (AvgIpc) is 3.22. The van der Waals surface area contributed by atoms with E-state index in [4.69, 9.17) is 4.42 Å². The lowest BCUT2D eigenvalue weighted by Crippen LogP contribution is -2.51. The summed E-state index contributed by atoms with van der Waals surface area (Å²) in [6.07, 6.45) is 12.9. The zero-order valence-corrected chi connectivity index (χ0v) is 25.3. The fraction of sp³-hybridized carbons (Fsp3) is 0.300. The third kappa shape index (κ3) is 8.20.